The molecule has 7 nitrogen and oxygen atoms in total. The molecule has 0 saturated heterocycles. The van der Waals surface area contributed by atoms with Gasteiger partial charge in [0.15, 0.2) is 6.33 Å². The van der Waals surface area contributed by atoms with Gasteiger partial charge >= 0.3 is 0 Å². The fraction of sp³-hybridized carbons (Fsp3) is 0.421. The summed E-state index contributed by atoms with van der Waals surface area (Å²) in [5.74, 6) is 3.16. The largest absolute Gasteiger partial charge is 0.365 e. The molecule has 7 heteroatoms. The predicted octanol–water partition coefficient (Wildman–Crippen LogP) is 0.847. The Labute approximate surface area is 153 Å². The highest BCUT2D eigenvalue weighted by Gasteiger charge is 2.27. The molecular weight excluding hydrogens is 326 g/mol. The zero-order valence-electron chi connectivity index (χ0n) is 15.0. The molecule has 0 spiro atoms. The van der Waals surface area contributed by atoms with Crippen molar-refractivity contribution in [2.75, 3.05) is 39.9 Å². The van der Waals surface area contributed by atoms with Gasteiger partial charge in [0.25, 0.3) is 0 Å². The number of nitrogens with zero attached hydrogens (tertiary/aromatic N) is 7. The second-order valence-corrected chi connectivity index (χ2v) is 6.87. The van der Waals surface area contributed by atoms with Crippen LogP contribution in [0.2, 0.25) is 0 Å². The third kappa shape index (κ3) is 3.93. The molecule has 0 N–H and O–H groups in total. The first-order chi connectivity index (χ1) is 12.8. The minimum atomic E-state index is 0.735. The summed E-state index contributed by atoms with van der Waals surface area (Å²) in [6.07, 6.45) is 2.61. The Morgan fingerprint density at radius 2 is 1.96 bits per heavy atom. The van der Waals surface area contributed by atoms with E-state index in [1.54, 1.807) is 0 Å². The fourth-order valence-electron chi connectivity index (χ4n) is 3.71. The average Bonchev–Trinajstić information content (AvgIpc) is 3.16. The zero-order valence-corrected chi connectivity index (χ0v) is 15.0. The fourth-order valence-corrected chi connectivity index (χ4v) is 3.71. The molecule has 0 bridgehead atoms. The monoisotopic (exact) mass is 349 g/mol. The van der Waals surface area contributed by atoms with Crippen molar-refractivity contribution in [2.24, 2.45) is 0 Å². The summed E-state index contributed by atoms with van der Waals surface area (Å²) < 4.78 is 1.45. The Morgan fingerprint density at radius 3 is 2.77 bits per heavy atom. The van der Waals surface area contributed by atoms with E-state index < -0.39 is 0 Å². The van der Waals surface area contributed by atoms with Crippen LogP contribution in [0.25, 0.3) is 0 Å². The van der Waals surface area contributed by atoms with Gasteiger partial charge in [0.1, 0.15) is 0 Å². The molecule has 0 atom stereocenters. The van der Waals surface area contributed by atoms with Crippen LogP contribution < -0.4 is 0 Å². The number of benzene rings is 1. The molecule has 0 fully saturated rings. The number of hydrogen-bond acceptors (Lipinski definition) is 6. The molecular formula is C19H23N7. The normalized spacial score (nSPS) is 18.4. The Hall–Kier alpha value is -2.69. The van der Waals surface area contributed by atoms with Gasteiger partial charge in [-0.05, 0) is 21.6 Å². The minimum Gasteiger partial charge on any atom is -0.365 e. The van der Waals surface area contributed by atoms with Crippen molar-refractivity contribution >= 4 is 0 Å². The minimum absolute atomic E-state index is 0.735. The molecule has 0 amide bonds. The number of hydrogen-bond donors (Lipinski definition) is 0. The number of tetrazole rings is 1. The van der Waals surface area contributed by atoms with Gasteiger partial charge in [0.05, 0.1) is 13.2 Å². The second-order valence-electron chi connectivity index (χ2n) is 6.87. The molecule has 0 unspecified atom stereocenters. The van der Waals surface area contributed by atoms with Crippen LogP contribution in [0, 0.1) is 12.0 Å². The molecule has 26 heavy (non-hydrogen) atoms. The molecule has 1 aromatic heterocycles. The maximum Gasteiger partial charge on any atom is 0.153 e. The van der Waals surface area contributed by atoms with E-state index in [-0.39, 0.29) is 0 Å². The predicted molar refractivity (Wildman–Crippen MR) is 98.6 cm³/mol. The number of rotatable bonds is 3. The van der Waals surface area contributed by atoms with Gasteiger partial charge in [-0.15, -0.1) is 5.10 Å². The van der Waals surface area contributed by atoms with Crippen LogP contribution in [0.3, 0.4) is 0 Å². The summed E-state index contributed by atoms with van der Waals surface area (Å²) in [6, 6.07) is 13.6. The SMILES string of the molecule is CN1CN(Cc2ccccc2)CC2=C1CCN(CC#Cn1cnnn1)C2. The van der Waals surface area contributed by atoms with Gasteiger partial charge in [-0.2, -0.15) is 4.68 Å². The molecule has 2 aromatic rings. The Morgan fingerprint density at radius 1 is 1.12 bits per heavy atom. The topological polar surface area (TPSA) is 53.3 Å². The van der Waals surface area contributed by atoms with Crippen LogP contribution in [-0.2, 0) is 6.54 Å². The van der Waals surface area contributed by atoms with Crippen molar-refractivity contribution in [3.05, 3.63) is 53.5 Å². The van der Waals surface area contributed by atoms with Crippen LogP contribution in [-0.4, -0.2) is 74.8 Å². The van der Waals surface area contributed by atoms with Crippen molar-refractivity contribution in [1.82, 2.24) is 34.9 Å². The standard InChI is InChI=1S/C19H23N7/c1-23-16-25(12-17-6-3-2-4-7-17)14-18-13-24(11-8-19(18)23)9-5-10-26-15-20-21-22-26/h2-4,6-7,15H,8-9,11-14,16H2,1H3. The van der Waals surface area contributed by atoms with E-state index in [2.05, 4.69) is 79.6 Å². The first-order valence-corrected chi connectivity index (χ1v) is 8.90. The Kier molecular flexibility index (Phi) is 4.95. The second kappa shape index (κ2) is 7.68. The van der Waals surface area contributed by atoms with Gasteiger partial charge in [0, 0.05) is 51.4 Å². The molecule has 4 rings (SSSR count). The molecule has 134 valence electrons. The van der Waals surface area contributed by atoms with Crippen molar-refractivity contribution in [2.45, 2.75) is 13.0 Å². The van der Waals surface area contributed by atoms with E-state index in [4.69, 9.17) is 0 Å². The van der Waals surface area contributed by atoms with Gasteiger partial charge in [-0.1, -0.05) is 36.3 Å². The quantitative estimate of drug-likeness (QED) is 0.766. The van der Waals surface area contributed by atoms with E-state index in [0.717, 1.165) is 45.8 Å². The summed E-state index contributed by atoms with van der Waals surface area (Å²) in [4.78, 5) is 7.31. The van der Waals surface area contributed by atoms with Crippen LogP contribution >= 0.6 is 0 Å². The molecule has 0 aliphatic carbocycles. The van der Waals surface area contributed by atoms with Gasteiger partial charge in [-0.3, -0.25) is 9.80 Å². The molecule has 1 aromatic carbocycles. The van der Waals surface area contributed by atoms with Crippen LogP contribution in [0.15, 0.2) is 47.9 Å². The summed E-state index contributed by atoms with van der Waals surface area (Å²) in [6.45, 7) is 5.78. The average molecular weight is 349 g/mol. The van der Waals surface area contributed by atoms with E-state index in [0.29, 0.717) is 0 Å². The van der Waals surface area contributed by atoms with E-state index in [1.807, 2.05) is 0 Å². The Bertz CT molecular complexity index is 817. The highest BCUT2D eigenvalue weighted by molar-refractivity contribution is 5.24. The maximum atomic E-state index is 3.76. The van der Waals surface area contributed by atoms with Crippen molar-refractivity contribution in [3.8, 4) is 12.0 Å². The molecule has 3 heterocycles. The van der Waals surface area contributed by atoms with Crippen molar-refractivity contribution < 1.29 is 0 Å². The highest BCUT2D eigenvalue weighted by Crippen LogP contribution is 2.26. The summed E-state index contributed by atoms with van der Waals surface area (Å²) in [7, 11) is 2.21. The van der Waals surface area contributed by atoms with Crippen LogP contribution in [0.5, 0.6) is 0 Å². The van der Waals surface area contributed by atoms with E-state index >= 15 is 0 Å². The lowest BCUT2D eigenvalue weighted by molar-refractivity contribution is 0.137. The first kappa shape index (κ1) is 16.8. The molecule has 2 aliphatic heterocycles. The summed E-state index contributed by atoms with van der Waals surface area (Å²) >= 11 is 0. The third-order valence-electron chi connectivity index (χ3n) is 4.87. The van der Waals surface area contributed by atoms with E-state index in [1.165, 1.54) is 27.8 Å². The van der Waals surface area contributed by atoms with Crippen molar-refractivity contribution in [1.29, 1.82) is 0 Å². The first-order valence-electron chi connectivity index (χ1n) is 8.90. The van der Waals surface area contributed by atoms with Crippen LogP contribution in [0.4, 0.5) is 0 Å². The summed E-state index contributed by atoms with van der Waals surface area (Å²) in [5.41, 5.74) is 4.40. The lowest BCUT2D eigenvalue weighted by atomic mass is 10.0. The van der Waals surface area contributed by atoms with Gasteiger partial charge in [-0.25, -0.2) is 0 Å². The summed E-state index contributed by atoms with van der Waals surface area (Å²) in [5, 5.41) is 10.9. The molecule has 0 radical (unpaired) electrons. The zero-order chi connectivity index (χ0) is 17.8. The lowest BCUT2D eigenvalue weighted by Crippen LogP contribution is -2.47. The van der Waals surface area contributed by atoms with Crippen molar-refractivity contribution in [3.63, 3.8) is 0 Å². The molecule has 0 saturated carbocycles. The maximum absolute atomic E-state index is 3.76. The van der Waals surface area contributed by atoms with Gasteiger partial charge in [0.2, 0.25) is 0 Å². The third-order valence-corrected chi connectivity index (χ3v) is 4.87. The molecule has 2 aliphatic rings. The van der Waals surface area contributed by atoms with Gasteiger partial charge < -0.3 is 4.90 Å². The smallest absolute Gasteiger partial charge is 0.153 e. The van der Waals surface area contributed by atoms with Crippen LogP contribution in [0.1, 0.15) is 12.0 Å². The van der Waals surface area contributed by atoms with E-state index in [9.17, 15) is 0 Å². The Balaban J connectivity index is 1.38. The lowest BCUT2D eigenvalue weighted by Gasteiger charge is -2.42. The highest BCUT2D eigenvalue weighted by atomic mass is 15.5. The number of aromatic nitrogens is 4.